The Kier molecular flexibility index (Phi) is 20.9. The molecule has 3 heterocycles. The Morgan fingerprint density at radius 1 is 0.783 bits per heavy atom. The van der Waals surface area contributed by atoms with E-state index in [2.05, 4.69) is 46.9 Å². The topological polar surface area (TPSA) is 376 Å². The molecule has 0 unspecified atom stereocenters. The summed E-state index contributed by atoms with van der Waals surface area (Å²) in [5, 5.41) is 15.7. The van der Waals surface area contributed by atoms with E-state index in [-0.39, 0.29) is 63.5 Å². The van der Waals surface area contributed by atoms with Crippen LogP contribution in [0.5, 0.6) is 0 Å². The number of amides is 8. The highest BCUT2D eigenvalue weighted by molar-refractivity contribution is 8.14. The molecule has 22 nitrogen and oxygen atoms in total. The van der Waals surface area contributed by atoms with Crippen LogP contribution in [0, 0.1) is 5.92 Å². The van der Waals surface area contributed by atoms with Gasteiger partial charge in [0, 0.05) is 30.6 Å². The standard InChI is InChI=1S/C37H58N14O8S/c38-13-4-1-8-22-31(55)48-25(11-7-16-45-37(41)42)35(59)49-24(10-2-5-14-39)34(58)47-23(29(40)53)9-3-6-15-44-30(54)21-12-17-43-26(18-21)36-50-27(20-60-36)33(57)46-19-28(52)51-32(22)56/h12,17-18,22-25,27H,1-11,13-16,19-20,38-39H2,(H2,40,53)(H,44,54)(H,46,57)(H,47,58)(H,48,55)(H,49,59)(H4,41,42,45)(H,51,52,56)/t22-,23-,24-,25-,27-/m0/s1. The Morgan fingerprint density at radius 3 is 2.13 bits per heavy atom. The molecule has 16 N–H and O–H groups in total. The van der Waals surface area contributed by atoms with Gasteiger partial charge in [0.15, 0.2) is 5.96 Å². The number of nitrogens with two attached hydrogens (primary N) is 5. The zero-order valence-electron chi connectivity index (χ0n) is 33.5. The lowest BCUT2D eigenvalue weighted by atomic mass is 9.98. The maximum Gasteiger partial charge on any atom is 0.251 e. The van der Waals surface area contributed by atoms with Gasteiger partial charge in [-0.15, -0.1) is 11.8 Å². The lowest BCUT2D eigenvalue weighted by Crippen LogP contribution is -2.57. The van der Waals surface area contributed by atoms with Crippen molar-refractivity contribution in [3.8, 4) is 0 Å². The van der Waals surface area contributed by atoms with Gasteiger partial charge < -0.3 is 55.3 Å². The molecule has 2 aliphatic rings. The molecular formula is C37H58N14O8S. The van der Waals surface area contributed by atoms with Crippen molar-refractivity contribution in [1.29, 1.82) is 0 Å². The van der Waals surface area contributed by atoms with Crippen LogP contribution >= 0.6 is 11.8 Å². The first-order valence-electron chi connectivity index (χ1n) is 20.0. The van der Waals surface area contributed by atoms with Crippen molar-refractivity contribution in [3.63, 3.8) is 0 Å². The van der Waals surface area contributed by atoms with Crippen molar-refractivity contribution in [2.75, 3.05) is 38.5 Å². The third-order valence-corrected chi connectivity index (χ3v) is 10.6. The number of hydrogen-bond acceptors (Lipinski definition) is 14. The van der Waals surface area contributed by atoms with E-state index in [4.69, 9.17) is 28.7 Å². The minimum absolute atomic E-state index is 0.0292. The fourth-order valence-corrected chi connectivity index (χ4v) is 7.18. The first-order valence-corrected chi connectivity index (χ1v) is 20.9. The van der Waals surface area contributed by atoms with Gasteiger partial charge in [-0.25, -0.2) is 0 Å². The van der Waals surface area contributed by atoms with Gasteiger partial charge in [-0.3, -0.25) is 58.6 Å². The fraction of sp³-hybridized carbons (Fsp3) is 0.595. The van der Waals surface area contributed by atoms with Crippen LogP contribution in [-0.2, 0) is 33.6 Å². The average Bonchev–Trinajstić information content (AvgIpc) is 3.72. The SMILES string of the molecule is NCCCC[C@@H]1C(=O)NC(=O)CNC(=O)[C@@H]2CSC(=N2)c2cc(ccn2)C(=O)NCCCC[C@@H](C(N)=O)NC(=O)[C@H](CCCCN)NC(=O)[C@H](CCCN=C(N)N)NC1=O. The summed E-state index contributed by atoms with van der Waals surface area (Å²) < 4.78 is 0. The summed E-state index contributed by atoms with van der Waals surface area (Å²) in [6.07, 6.45) is 4.32. The van der Waals surface area contributed by atoms with Crippen molar-refractivity contribution in [2.45, 2.75) is 94.8 Å². The number of thioether (sulfide) groups is 1. The third kappa shape index (κ3) is 16.5. The molecular weight excluding hydrogens is 801 g/mol. The first-order chi connectivity index (χ1) is 28.7. The number of hydrogen-bond donors (Lipinski definition) is 11. The summed E-state index contributed by atoms with van der Waals surface area (Å²) in [5.74, 6) is -7.46. The Morgan fingerprint density at radius 2 is 1.45 bits per heavy atom. The minimum atomic E-state index is -1.46. The molecule has 1 aromatic rings. The first kappa shape index (κ1) is 48.7. The number of nitrogens with one attached hydrogen (secondary N) is 6. The van der Waals surface area contributed by atoms with Crippen LogP contribution in [-0.4, -0.2) is 126 Å². The van der Waals surface area contributed by atoms with Gasteiger partial charge in [0.1, 0.15) is 35.1 Å². The summed E-state index contributed by atoms with van der Waals surface area (Å²) in [5.41, 5.74) is 28.6. The molecule has 0 aliphatic carbocycles. The number of fused-ring (bicyclic) bond motifs is 4. The van der Waals surface area contributed by atoms with Crippen molar-refractivity contribution in [1.82, 2.24) is 36.9 Å². The maximum atomic E-state index is 13.9. The van der Waals surface area contributed by atoms with Crippen LogP contribution < -0.4 is 60.6 Å². The fourth-order valence-electron chi connectivity index (χ4n) is 6.18. The lowest BCUT2D eigenvalue weighted by molar-refractivity contribution is -0.140. The number of primary amides is 1. The van der Waals surface area contributed by atoms with Gasteiger partial charge in [0.2, 0.25) is 41.4 Å². The monoisotopic (exact) mass is 858 g/mol. The van der Waals surface area contributed by atoms with Crippen LogP contribution in [0.4, 0.5) is 0 Å². The van der Waals surface area contributed by atoms with Crippen LogP contribution in [0.15, 0.2) is 28.3 Å². The number of imide groups is 1. The van der Waals surface area contributed by atoms with E-state index >= 15 is 0 Å². The molecule has 0 saturated heterocycles. The van der Waals surface area contributed by atoms with Crippen LogP contribution in [0.1, 0.15) is 86.7 Å². The summed E-state index contributed by atoms with van der Waals surface area (Å²) in [4.78, 5) is 119. The molecule has 1 aromatic heterocycles. The number of guanidine groups is 1. The summed E-state index contributed by atoms with van der Waals surface area (Å²) in [6, 6.07) is -1.44. The van der Waals surface area contributed by atoms with E-state index in [1.165, 1.54) is 30.1 Å². The molecule has 0 radical (unpaired) electrons. The Bertz CT molecular complexity index is 1760. The predicted octanol–water partition coefficient (Wildman–Crippen LogP) is -3.52. The number of aliphatic imine (C=N–C) groups is 2. The van der Waals surface area contributed by atoms with Gasteiger partial charge in [0.25, 0.3) is 5.91 Å². The van der Waals surface area contributed by atoms with Crippen molar-refractivity contribution in [2.24, 2.45) is 44.6 Å². The highest BCUT2D eigenvalue weighted by atomic mass is 32.2. The molecule has 4 bridgehead atoms. The van der Waals surface area contributed by atoms with E-state index in [9.17, 15) is 38.4 Å². The molecule has 60 heavy (non-hydrogen) atoms. The van der Waals surface area contributed by atoms with E-state index < -0.39 is 83.9 Å². The van der Waals surface area contributed by atoms with Crippen molar-refractivity contribution < 1.29 is 38.4 Å². The number of carbonyl (C=O) groups is 8. The zero-order valence-corrected chi connectivity index (χ0v) is 34.4. The molecule has 0 saturated carbocycles. The van der Waals surface area contributed by atoms with Crippen molar-refractivity contribution >= 4 is 70.0 Å². The summed E-state index contributed by atoms with van der Waals surface area (Å²) in [7, 11) is 0. The normalized spacial score (nSPS) is 23.0. The number of nitrogens with zero attached hydrogens (tertiary/aromatic N) is 3. The second kappa shape index (κ2) is 25.7. The number of carbonyl (C=O) groups excluding carboxylic acids is 8. The van der Waals surface area contributed by atoms with E-state index in [1.807, 2.05) is 0 Å². The molecule has 23 heteroatoms. The van der Waals surface area contributed by atoms with Crippen molar-refractivity contribution in [3.05, 3.63) is 29.6 Å². The Balaban J connectivity index is 1.93. The summed E-state index contributed by atoms with van der Waals surface area (Å²) >= 11 is 1.24. The van der Waals surface area contributed by atoms with Gasteiger partial charge >= 0.3 is 0 Å². The molecule has 0 aromatic carbocycles. The zero-order chi connectivity index (χ0) is 44.0. The minimum Gasteiger partial charge on any atom is -0.370 e. The molecule has 5 atom stereocenters. The summed E-state index contributed by atoms with van der Waals surface area (Å²) in [6.45, 7) is 0.285. The smallest absolute Gasteiger partial charge is 0.251 e. The van der Waals surface area contributed by atoms with Gasteiger partial charge in [-0.05, 0) is 89.4 Å². The van der Waals surface area contributed by atoms with Gasteiger partial charge in [-0.2, -0.15) is 0 Å². The predicted molar refractivity (Wildman–Crippen MR) is 224 cm³/mol. The maximum absolute atomic E-state index is 13.9. The highest BCUT2D eigenvalue weighted by Gasteiger charge is 2.34. The third-order valence-electron chi connectivity index (χ3n) is 9.48. The quantitative estimate of drug-likeness (QED) is 0.0301. The number of aromatic nitrogens is 1. The van der Waals surface area contributed by atoms with Crippen LogP contribution in [0.2, 0.25) is 0 Å². The number of pyridine rings is 1. The van der Waals surface area contributed by atoms with Gasteiger partial charge in [-0.1, -0.05) is 6.42 Å². The highest BCUT2D eigenvalue weighted by Crippen LogP contribution is 2.23. The lowest BCUT2D eigenvalue weighted by Gasteiger charge is -2.26. The average molecular weight is 859 g/mol. The molecule has 330 valence electrons. The molecule has 2 aliphatic heterocycles. The van der Waals surface area contributed by atoms with E-state index in [1.54, 1.807) is 0 Å². The number of unbranched alkanes of at least 4 members (excludes halogenated alkanes) is 2. The second-order valence-electron chi connectivity index (χ2n) is 14.2. The second-order valence-corrected chi connectivity index (χ2v) is 15.2. The molecule has 0 fully saturated rings. The van der Waals surface area contributed by atoms with Gasteiger partial charge in [0.05, 0.1) is 12.2 Å². The van der Waals surface area contributed by atoms with E-state index in [0.717, 1.165) is 0 Å². The largest absolute Gasteiger partial charge is 0.370 e. The molecule has 0 spiro atoms. The van der Waals surface area contributed by atoms with Crippen LogP contribution in [0.3, 0.4) is 0 Å². The van der Waals surface area contributed by atoms with E-state index in [0.29, 0.717) is 61.4 Å². The Hall–Kier alpha value is -5.68. The molecule has 3 rings (SSSR count). The molecule has 8 amide bonds. The number of rotatable bonds is 13. The van der Waals surface area contributed by atoms with Crippen LogP contribution in [0.25, 0.3) is 0 Å². The Labute approximate surface area is 352 Å².